The van der Waals surface area contributed by atoms with Gasteiger partial charge in [-0.3, -0.25) is 10.2 Å². The molecule has 1 aliphatic heterocycles. The van der Waals surface area contributed by atoms with Gasteiger partial charge in [0.15, 0.2) is 5.71 Å². The van der Waals surface area contributed by atoms with E-state index in [1.807, 2.05) is 0 Å². The first-order chi connectivity index (χ1) is 13.5. The molecule has 2 rings (SSSR count). The maximum Gasteiger partial charge on any atom is 0.434 e. The number of carbonyl (C=O) groups is 1. The van der Waals surface area contributed by atoms with Crippen LogP contribution in [0, 0.1) is 16.7 Å². The van der Waals surface area contributed by atoms with E-state index in [0.717, 1.165) is 5.56 Å². The molecule has 1 aromatic carbocycles. The molecule has 2 N–H and O–H groups in total. The smallest absolute Gasteiger partial charge is 0.378 e. The molecular weight excluding hydrogens is 428 g/mol. The van der Waals surface area contributed by atoms with Crippen molar-refractivity contribution in [2.75, 3.05) is 19.6 Å². The minimum Gasteiger partial charge on any atom is -0.378 e. The lowest BCUT2D eigenvalue weighted by molar-refractivity contribution is -0.131. The zero-order valence-corrected chi connectivity index (χ0v) is 17.0. The molecular formula is C19H19Cl2F3N4O. The van der Waals surface area contributed by atoms with Crippen LogP contribution in [0.3, 0.4) is 0 Å². The predicted molar refractivity (Wildman–Crippen MR) is 105 cm³/mol. The van der Waals surface area contributed by atoms with E-state index in [2.05, 4.69) is 11.4 Å². The lowest BCUT2D eigenvalue weighted by atomic mass is 9.74. The Morgan fingerprint density at radius 3 is 2.34 bits per heavy atom. The highest BCUT2D eigenvalue weighted by Crippen LogP contribution is 2.35. The zero-order chi connectivity index (χ0) is 21.8. The molecule has 1 saturated heterocycles. The second-order valence-electron chi connectivity index (χ2n) is 6.75. The molecule has 1 aliphatic rings. The summed E-state index contributed by atoms with van der Waals surface area (Å²) in [6.07, 6.45) is -3.99. The molecule has 0 aromatic heterocycles. The quantitative estimate of drug-likeness (QED) is 0.659. The van der Waals surface area contributed by atoms with Gasteiger partial charge in [-0.25, -0.2) is 0 Å². The maximum atomic E-state index is 12.5. The summed E-state index contributed by atoms with van der Waals surface area (Å²) >= 11 is 11.5. The van der Waals surface area contributed by atoms with Crippen LogP contribution in [-0.4, -0.2) is 42.3 Å². The number of carbonyl (C=O) groups excluding carboxylic acids is 1. The molecule has 0 unspecified atom stereocenters. The van der Waals surface area contributed by atoms with Crippen molar-refractivity contribution in [3.63, 3.8) is 0 Å². The molecule has 10 heteroatoms. The van der Waals surface area contributed by atoms with Gasteiger partial charge in [-0.1, -0.05) is 35.3 Å². The predicted octanol–water partition coefficient (Wildman–Crippen LogP) is 4.37. The van der Waals surface area contributed by atoms with E-state index in [4.69, 9.17) is 28.6 Å². The van der Waals surface area contributed by atoms with Gasteiger partial charge in [0, 0.05) is 23.8 Å². The van der Waals surface area contributed by atoms with Crippen LogP contribution in [0.1, 0.15) is 25.3 Å². The molecule has 0 spiro atoms. The number of nitriles is 1. The summed E-state index contributed by atoms with van der Waals surface area (Å²) in [6.45, 7) is 1.69. The van der Waals surface area contributed by atoms with Crippen LogP contribution in [-0.2, 0) is 10.2 Å². The number of allylic oxidation sites excluding steroid dienone is 2. The molecule has 29 heavy (non-hydrogen) atoms. The highest BCUT2D eigenvalue weighted by atomic mass is 35.5. The SMILES string of the molecule is C/C(NCC(=O)N1CCC(C#N)(c2ccc(Cl)cc2)CC1)=C(\Cl)C(=N)C(F)(F)F. The normalized spacial score (nSPS) is 17.2. The number of halogens is 5. The van der Waals surface area contributed by atoms with E-state index >= 15 is 0 Å². The Labute approximate surface area is 176 Å². The molecule has 0 saturated carbocycles. The molecule has 156 valence electrons. The van der Waals surface area contributed by atoms with Crippen LogP contribution in [0.4, 0.5) is 13.2 Å². The van der Waals surface area contributed by atoms with Crippen LogP contribution < -0.4 is 5.32 Å². The van der Waals surface area contributed by atoms with Crippen LogP contribution >= 0.6 is 23.2 Å². The van der Waals surface area contributed by atoms with E-state index in [0.29, 0.717) is 31.0 Å². The summed E-state index contributed by atoms with van der Waals surface area (Å²) in [5.41, 5.74) is -1.65. The Hall–Kier alpha value is -2.24. The minimum atomic E-state index is -4.86. The fourth-order valence-electron chi connectivity index (χ4n) is 3.08. The molecule has 0 bridgehead atoms. The van der Waals surface area contributed by atoms with Crippen LogP contribution in [0.15, 0.2) is 35.0 Å². The van der Waals surface area contributed by atoms with E-state index in [-0.39, 0.29) is 18.1 Å². The first-order valence-corrected chi connectivity index (χ1v) is 9.47. The minimum absolute atomic E-state index is 0.105. The first kappa shape index (κ1) is 23.0. The molecule has 0 radical (unpaired) electrons. The number of benzene rings is 1. The third kappa shape index (κ3) is 5.43. The van der Waals surface area contributed by atoms with Gasteiger partial charge in [-0.15, -0.1) is 0 Å². The number of nitrogens with zero attached hydrogens (tertiary/aromatic N) is 2. The first-order valence-electron chi connectivity index (χ1n) is 8.71. The standard InChI is InChI=1S/C19H19Cl2F3N4O/c1-12(16(21)17(26)19(22,23)24)27-10-15(29)28-8-6-18(11-25,7-9-28)13-2-4-14(20)5-3-13/h2-5,26-27H,6-10H2,1H3/b16-12+,26-17?. The molecule has 1 aromatic rings. The molecule has 1 heterocycles. The van der Waals surface area contributed by atoms with Gasteiger partial charge in [0.1, 0.15) is 0 Å². The Morgan fingerprint density at radius 1 is 1.31 bits per heavy atom. The zero-order valence-electron chi connectivity index (χ0n) is 15.5. The van der Waals surface area contributed by atoms with E-state index in [1.165, 1.54) is 6.92 Å². The topological polar surface area (TPSA) is 80.0 Å². The second kappa shape index (κ2) is 9.06. The van der Waals surface area contributed by atoms with E-state index in [9.17, 15) is 23.2 Å². The summed E-state index contributed by atoms with van der Waals surface area (Å²) in [4.78, 5) is 13.9. The van der Waals surface area contributed by atoms with Crippen LogP contribution in [0.25, 0.3) is 0 Å². The van der Waals surface area contributed by atoms with Crippen molar-refractivity contribution >= 4 is 34.8 Å². The summed E-state index contributed by atoms with van der Waals surface area (Å²) in [7, 11) is 0. The van der Waals surface area contributed by atoms with Crippen molar-refractivity contribution in [2.45, 2.75) is 31.4 Å². The highest BCUT2D eigenvalue weighted by Gasteiger charge is 2.38. The fourth-order valence-corrected chi connectivity index (χ4v) is 3.38. The summed E-state index contributed by atoms with van der Waals surface area (Å²) in [5, 5.41) is 19.1. The van der Waals surface area contributed by atoms with E-state index < -0.39 is 22.3 Å². The maximum absolute atomic E-state index is 12.5. The molecule has 0 aliphatic carbocycles. The number of piperidine rings is 1. The fraction of sp³-hybridized carbons (Fsp3) is 0.421. The second-order valence-corrected chi connectivity index (χ2v) is 7.56. The monoisotopic (exact) mass is 446 g/mol. The lowest BCUT2D eigenvalue weighted by Crippen LogP contribution is -2.47. The summed E-state index contributed by atoms with van der Waals surface area (Å²) in [6, 6.07) is 9.39. The molecule has 0 atom stereocenters. The molecule has 1 fully saturated rings. The Balaban J connectivity index is 1.97. The highest BCUT2D eigenvalue weighted by molar-refractivity contribution is 6.44. The number of hydrogen-bond acceptors (Lipinski definition) is 4. The van der Waals surface area contributed by atoms with Crippen molar-refractivity contribution in [1.29, 1.82) is 10.7 Å². The number of likely N-dealkylation sites (tertiary alicyclic amines) is 1. The van der Waals surface area contributed by atoms with Crippen molar-refractivity contribution in [1.82, 2.24) is 10.2 Å². The van der Waals surface area contributed by atoms with Crippen molar-refractivity contribution in [3.05, 3.63) is 45.6 Å². The average molecular weight is 447 g/mol. The van der Waals surface area contributed by atoms with Crippen molar-refractivity contribution < 1.29 is 18.0 Å². The third-order valence-electron chi connectivity index (χ3n) is 4.92. The Bertz CT molecular complexity index is 852. The summed E-state index contributed by atoms with van der Waals surface area (Å²) < 4.78 is 37.6. The van der Waals surface area contributed by atoms with E-state index in [1.54, 1.807) is 29.2 Å². The third-order valence-corrected chi connectivity index (χ3v) is 5.64. The van der Waals surface area contributed by atoms with Gasteiger partial charge in [-0.2, -0.15) is 18.4 Å². The van der Waals surface area contributed by atoms with Crippen LogP contribution in [0.5, 0.6) is 0 Å². The molecule has 5 nitrogen and oxygen atoms in total. The van der Waals surface area contributed by atoms with Gasteiger partial charge in [0.05, 0.1) is 23.1 Å². The number of hydrogen-bond donors (Lipinski definition) is 2. The number of amides is 1. The number of nitrogens with one attached hydrogen (secondary N) is 2. The van der Waals surface area contributed by atoms with Gasteiger partial charge in [0.2, 0.25) is 5.91 Å². The lowest BCUT2D eigenvalue weighted by Gasteiger charge is -2.37. The Kier molecular flexibility index (Phi) is 7.20. The average Bonchev–Trinajstić information content (AvgIpc) is 2.70. The van der Waals surface area contributed by atoms with Crippen molar-refractivity contribution in [2.24, 2.45) is 0 Å². The molecule has 1 amide bonds. The Morgan fingerprint density at radius 2 is 1.86 bits per heavy atom. The number of alkyl halides is 3. The largest absolute Gasteiger partial charge is 0.434 e. The van der Waals surface area contributed by atoms with Gasteiger partial charge in [-0.05, 0) is 37.5 Å². The summed E-state index contributed by atoms with van der Waals surface area (Å²) in [5.74, 6) is -0.324. The van der Waals surface area contributed by atoms with Gasteiger partial charge < -0.3 is 10.2 Å². The van der Waals surface area contributed by atoms with Gasteiger partial charge in [0.25, 0.3) is 0 Å². The van der Waals surface area contributed by atoms with Crippen molar-refractivity contribution in [3.8, 4) is 6.07 Å². The number of rotatable bonds is 5. The van der Waals surface area contributed by atoms with Gasteiger partial charge >= 0.3 is 6.18 Å². The van der Waals surface area contributed by atoms with Crippen LogP contribution in [0.2, 0.25) is 5.02 Å².